The molecular weight excluding hydrogens is 350 g/mol. The van der Waals surface area contributed by atoms with E-state index in [9.17, 15) is 9.90 Å². The Labute approximate surface area is 167 Å². The molecule has 2 aromatic carbocycles. The van der Waals surface area contributed by atoms with Crippen LogP contribution in [0.1, 0.15) is 23.6 Å². The molecule has 0 aromatic heterocycles. The summed E-state index contributed by atoms with van der Waals surface area (Å²) in [5, 5.41) is 9.91. The number of hydrogen-bond donors (Lipinski definition) is 1. The predicted octanol–water partition coefficient (Wildman–Crippen LogP) is 2.31. The number of carbonyl (C=O) groups excluding carboxylic acids is 1. The molecule has 28 heavy (non-hydrogen) atoms. The maximum atomic E-state index is 13.5. The van der Waals surface area contributed by atoms with Crippen molar-refractivity contribution in [2.24, 2.45) is 0 Å². The van der Waals surface area contributed by atoms with E-state index in [1.54, 1.807) is 0 Å². The zero-order chi connectivity index (χ0) is 19.7. The Kier molecular flexibility index (Phi) is 5.38. The van der Waals surface area contributed by atoms with Crippen LogP contribution < -0.4 is 4.90 Å². The van der Waals surface area contributed by atoms with E-state index in [1.165, 1.54) is 5.56 Å². The summed E-state index contributed by atoms with van der Waals surface area (Å²) in [6.07, 6.45) is 1.30. The number of likely N-dealkylation sites (tertiary alicyclic amines) is 1. The van der Waals surface area contributed by atoms with Gasteiger partial charge in [0.25, 0.3) is 0 Å². The lowest BCUT2D eigenvalue weighted by Crippen LogP contribution is -2.48. The number of carbonyl (C=O) groups is 1. The minimum absolute atomic E-state index is 0.0314. The highest BCUT2D eigenvalue weighted by atomic mass is 16.3. The second kappa shape index (κ2) is 7.94. The van der Waals surface area contributed by atoms with Crippen molar-refractivity contribution in [2.75, 3.05) is 38.6 Å². The fourth-order valence-electron chi connectivity index (χ4n) is 4.53. The summed E-state index contributed by atoms with van der Waals surface area (Å²) in [5.74, 6) is 0.146. The Bertz CT molecular complexity index is 826. The first kappa shape index (κ1) is 19.0. The third kappa shape index (κ3) is 3.64. The first-order valence-corrected chi connectivity index (χ1v) is 10.1. The smallest absolute Gasteiger partial charge is 0.245 e. The molecule has 4 rings (SSSR count). The van der Waals surface area contributed by atoms with Gasteiger partial charge in [-0.25, -0.2) is 0 Å². The van der Waals surface area contributed by atoms with Crippen molar-refractivity contribution >= 4 is 11.6 Å². The second-order valence-corrected chi connectivity index (χ2v) is 8.04. The van der Waals surface area contributed by atoms with Gasteiger partial charge in [0.15, 0.2) is 0 Å². The van der Waals surface area contributed by atoms with E-state index < -0.39 is 0 Å². The van der Waals surface area contributed by atoms with Crippen molar-refractivity contribution in [3.8, 4) is 0 Å². The molecule has 148 valence electrons. The van der Waals surface area contributed by atoms with Crippen molar-refractivity contribution in [3.05, 3.63) is 65.7 Å². The summed E-state index contributed by atoms with van der Waals surface area (Å²) >= 11 is 0. The Hall–Kier alpha value is -2.37. The van der Waals surface area contributed by atoms with Crippen LogP contribution in [0.25, 0.3) is 0 Å². The summed E-state index contributed by atoms with van der Waals surface area (Å²) in [5.41, 5.74) is 3.52. The Morgan fingerprint density at radius 3 is 2.57 bits per heavy atom. The molecule has 2 aliphatic heterocycles. The van der Waals surface area contributed by atoms with Crippen LogP contribution in [0.5, 0.6) is 0 Å². The molecule has 0 spiro atoms. The highest BCUT2D eigenvalue weighted by Crippen LogP contribution is 2.33. The van der Waals surface area contributed by atoms with Gasteiger partial charge in [-0.15, -0.1) is 0 Å². The lowest BCUT2D eigenvalue weighted by atomic mass is 10.0. The van der Waals surface area contributed by atoms with Gasteiger partial charge >= 0.3 is 0 Å². The molecule has 2 aliphatic rings. The SMILES string of the molecule is CN(C(=O)[C@H]1Cc2ccccc2N1C)[C@H](CN1CC[C@H](O)C1)c1ccccc1. The quantitative estimate of drug-likeness (QED) is 0.866. The van der Waals surface area contributed by atoms with Crippen molar-refractivity contribution in [1.82, 2.24) is 9.80 Å². The van der Waals surface area contributed by atoms with Gasteiger partial charge in [0.05, 0.1) is 12.1 Å². The molecule has 5 heteroatoms. The molecule has 0 aliphatic carbocycles. The van der Waals surface area contributed by atoms with Gasteiger partial charge in [0.1, 0.15) is 6.04 Å². The largest absolute Gasteiger partial charge is 0.392 e. The highest BCUT2D eigenvalue weighted by Gasteiger charge is 2.36. The maximum Gasteiger partial charge on any atom is 0.245 e. The Balaban J connectivity index is 1.55. The molecule has 5 nitrogen and oxygen atoms in total. The monoisotopic (exact) mass is 379 g/mol. The van der Waals surface area contributed by atoms with E-state index in [0.717, 1.165) is 37.2 Å². The molecule has 2 aromatic rings. The molecule has 1 N–H and O–H groups in total. The number of likely N-dealkylation sites (N-methyl/N-ethyl adjacent to an activating group) is 2. The van der Waals surface area contributed by atoms with Gasteiger partial charge in [0.2, 0.25) is 5.91 Å². The number of aliphatic hydroxyl groups excluding tert-OH is 1. The van der Waals surface area contributed by atoms with Crippen LogP contribution in [0.15, 0.2) is 54.6 Å². The van der Waals surface area contributed by atoms with Crippen LogP contribution in [0.2, 0.25) is 0 Å². The standard InChI is InChI=1S/C23H29N3O2/c1-24-20-11-7-6-10-18(20)14-21(24)23(28)25(2)22(17-8-4-3-5-9-17)16-26-13-12-19(27)15-26/h3-11,19,21-22,27H,12-16H2,1-2H3/t19-,21+,22+/m0/s1. The molecule has 1 saturated heterocycles. The molecule has 3 atom stereocenters. The molecule has 0 bridgehead atoms. The molecular formula is C23H29N3O2. The van der Waals surface area contributed by atoms with Crippen molar-refractivity contribution in [1.29, 1.82) is 0 Å². The normalized spacial score (nSPS) is 22.9. The summed E-state index contributed by atoms with van der Waals surface area (Å²) in [7, 11) is 3.93. The number of anilines is 1. The lowest BCUT2D eigenvalue weighted by molar-refractivity contribution is -0.133. The predicted molar refractivity (Wildman–Crippen MR) is 111 cm³/mol. The third-order valence-electron chi connectivity index (χ3n) is 6.22. The molecule has 0 radical (unpaired) electrons. The van der Waals surface area contributed by atoms with Crippen molar-refractivity contribution in [2.45, 2.75) is 31.0 Å². The van der Waals surface area contributed by atoms with E-state index in [-0.39, 0.29) is 24.1 Å². The van der Waals surface area contributed by atoms with E-state index in [1.807, 2.05) is 49.3 Å². The summed E-state index contributed by atoms with van der Waals surface area (Å²) in [6, 6.07) is 18.3. The highest BCUT2D eigenvalue weighted by molar-refractivity contribution is 5.88. The number of benzene rings is 2. The fraction of sp³-hybridized carbons (Fsp3) is 0.435. The van der Waals surface area contributed by atoms with Crippen molar-refractivity contribution in [3.63, 3.8) is 0 Å². The summed E-state index contributed by atoms with van der Waals surface area (Å²) < 4.78 is 0. The van der Waals surface area contributed by atoms with Gasteiger partial charge in [-0.1, -0.05) is 48.5 Å². The Morgan fingerprint density at radius 2 is 1.89 bits per heavy atom. The zero-order valence-corrected chi connectivity index (χ0v) is 16.7. The van der Waals surface area contributed by atoms with Crippen LogP contribution in [0.4, 0.5) is 5.69 Å². The van der Waals surface area contributed by atoms with Gasteiger partial charge in [-0.05, 0) is 23.6 Å². The molecule has 0 unspecified atom stereocenters. The van der Waals surface area contributed by atoms with Crippen LogP contribution >= 0.6 is 0 Å². The van der Waals surface area contributed by atoms with Gasteiger partial charge in [-0.3, -0.25) is 9.69 Å². The molecule has 2 heterocycles. The van der Waals surface area contributed by atoms with Crippen LogP contribution in [0.3, 0.4) is 0 Å². The minimum atomic E-state index is -0.257. The first-order valence-electron chi connectivity index (χ1n) is 10.1. The third-order valence-corrected chi connectivity index (χ3v) is 6.22. The Morgan fingerprint density at radius 1 is 1.18 bits per heavy atom. The van der Waals surface area contributed by atoms with E-state index in [4.69, 9.17) is 0 Å². The van der Waals surface area contributed by atoms with Crippen molar-refractivity contribution < 1.29 is 9.90 Å². The summed E-state index contributed by atoms with van der Waals surface area (Å²) in [6.45, 7) is 2.30. The number of aliphatic hydroxyl groups is 1. The molecule has 0 saturated carbocycles. The van der Waals surface area contributed by atoms with Crippen LogP contribution in [-0.4, -0.2) is 66.7 Å². The van der Waals surface area contributed by atoms with Gasteiger partial charge in [0, 0.05) is 45.8 Å². The van der Waals surface area contributed by atoms with Gasteiger partial charge in [-0.2, -0.15) is 0 Å². The van der Waals surface area contributed by atoms with E-state index >= 15 is 0 Å². The van der Waals surface area contributed by atoms with E-state index in [2.05, 4.69) is 34.1 Å². The average Bonchev–Trinajstić information content (AvgIpc) is 3.29. The topological polar surface area (TPSA) is 47.0 Å². The fourth-order valence-corrected chi connectivity index (χ4v) is 4.53. The number of para-hydroxylation sites is 1. The van der Waals surface area contributed by atoms with E-state index in [0.29, 0.717) is 6.54 Å². The number of amides is 1. The summed E-state index contributed by atoms with van der Waals surface area (Å²) in [4.78, 5) is 19.8. The number of rotatable bonds is 5. The molecule has 1 amide bonds. The van der Waals surface area contributed by atoms with Crippen LogP contribution in [-0.2, 0) is 11.2 Å². The van der Waals surface area contributed by atoms with Crippen LogP contribution in [0, 0.1) is 0 Å². The second-order valence-electron chi connectivity index (χ2n) is 8.04. The number of nitrogens with zero attached hydrogens (tertiary/aromatic N) is 3. The van der Waals surface area contributed by atoms with Gasteiger partial charge < -0.3 is 14.9 Å². The number of hydrogen-bond acceptors (Lipinski definition) is 4. The molecule has 1 fully saturated rings. The average molecular weight is 380 g/mol. The lowest BCUT2D eigenvalue weighted by Gasteiger charge is -2.35. The zero-order valence-electron chi connectivity index (χ0n) is 16.7. The first-order chi connectivity index (χ1) is 13.5. The number of fused-ring (bicyclic) bond motifs is 1. The maximum absolute atomic E-state index is 13.5. The minimum Gasteiger partial charge on any atom is -0.392 e. The number of β-amino-alcohol motifs (C(OH)–C–C–N with tert-alkyl or cyclic N) is 1.